The van der Waals surface area contributed by atoms with E-state index < -0.39 is 11.9 Å². The van der Waals surface area contributed by atoms with Crippen LogP contribution in [0.5, 0.6) is 0 Å². The summed E-state index contributed by atoms with van der Waals surface area (Å²) < 4.78 is 15.4. The fourth-order valence-corrected chi connectivity index (χ4v) is 2.86. The van der Waals surface area contributed by atoms with Crippen LogP contribution in [-0.2, 0) is 23.1 Å². The van der Waals surface area contributed by atoms with Gasteiger partial charge in [-0.2, -0.15) is 0 Å². The number of amides is 2. The van der Waals surface area contributed by atoms with Crippen LogP contribution in [0.15, 0.2) is 30.5 Å². The smallest absolute Gasteiger partial charge is 0.249 e. The van der Waals surface area contributed by atoms with Gasteiger partial charge < -0.3 is 9.80 Å². The molecule has 0 N–H and O–H groups in total. The number of nitrogens with zero attached hydrogens (tertiary/aromatic N) is 5. The molecule has 0 bridgehead atoms. The largest absolute Gasteiger partial charge is 0.333 e. The van der Waals surface area contributed by atoms with Crippen LogP contribution in [0.1, 0.15) is 12.1 Å². The molecule has 1 saturated heterocycles. The summed E-state index contributed by atoms with van der Waals surface area (Å²) in [6, 6.07) is 5.56. The SMILES string of the molecule is CN(C(=O)Cc1cnnn1C)C1CCN(c2ccccc2F)C1=O. The van der Waals surface area contributed by atoms with E-state index in [0.717, 1.165) is 0 Å². The Balaban J connectivity index is 1.71. The Morgan fingerprint density at radius 3 is 2.83 bits per heavy atom. The number of carbonyl (C=O) groups is 2. The first-order valence-corrected chi connectivity index (χ1v) is 7.64. The number of carbonyl (C=O) groups excluding carboxylic acids is 2. The molecule has 0 aliphatic carbocycles. The number of para-hydroxylation sites is 1. The number of hydrogen-bond acceptors (Lipinski definition) is 4. The Morgan fingerprint density at radius 1 is 1.42 bits per heavy atom. The van der Waals surface area contributed by atoms with Crippen molar-refractivity contribution in [3.05, 3.63) is 42.0 Å². The molecule has 1 aliphatic heterocycles. The highest BCUT2D eigenvalue weighted by Gasteiger charge is 2.38. The molecule has 1 aliphatic rings. The van der Waals surface area contributed by atoms with E-state index >= 15 is 0 Å². The van der Waals surface area contributed by atoms with Gasteiger partial charge >= 0.3 is 0 Å². The molecule has 1 atom stereocenters. The van der Waals surface area contributed by atoms with Crippen LogP contribution in [-0.4, -0.2) is 51.3 Å². The average Bonchev–Trinajstić information content (AvgIpc) is 3.13. The lowest BCUT2D eigenvalue weighted by molar-refractivity contribution is -0.136. The first-order chi connectivity index (χ1) is 11.5. The molecule has 2 amide bonds. The van der Waals surface area contributed by atoms with Crippen molar-refractivity contribution < 1.29 is 14.0 Å². The molecule has 126 valence electrons. The van der Waals surface area contributed by atoms with Crippen molar-refractivity contribution in [1.82, 2.24) is 19.9 Å². The van der Waals surface area contributed by atoms with Crippen LogP contribution < -0.4 is 4.90 Å². The fourth-order valence-electron chi connectivity index (χ4n) is 2.86. The number of aryl methyl sites for hydroxylation is 1. The van der Waals surface area contributed by atoms with E-state index in [9.17, 15) is 14.0 Å². The summed E-state index contributed by atoms with van der Waals surface area (Å²) in [7, 11) is 3.30. The monoisotopic (exact) mass is 331 g/mol. The summed E-state index contributed by atoms with van der Waals surface area (Å²) in [5.41, 5.74) is 0.921. The van der Waals surface area contributed by atoms with Gasteiger partial charge in [0.25, 0.3) is 0 Å². The van der Waals surface area contributed by atoms with Gasteiger partial charge in [0.05, 0.1) is 24.0 Å². The minimum atomic E-state index is -0.585. The molecule has 8 heteroatoms. The van der Waals surface area contributed by atoms with Crippen LogP contribution in [0, 0.1) is 5.82 Å². The molecule has 2 aromatic rings. The standard InChI is InChI=1S/C16H18FN5O2/c1-20(15(23)9-11-10-18-19-21(11)2)14-7-8-22(16(14)24)13-6-4-3-5-12(13)17/h3-6,10,14H,7-9H2,1-2H3. The molecular formula is C16H18FN5O2. The normalized spacial score (nSPS) is 17.4. The molecule has 24 heavy (non-hydrogen) atoms. The summed E-state index contributed by atoms with van der Waals surface area (Å²) >= 11 is 0. The predicted octanol–water partition coefficient (Wildman–Crippen LogP) is 0.761. The van der Waals surface area contributed by atoms with E-state index in [4.69, 9.17) is 0 Å². The molecule has 0 spiro atoms. The Hall–Kier alpha value is -2.77. The third kappa shape index (κ3) is 2.86. The van der Waals surface area contributed by atoms with Gasteiger partial charge in [0, 0.05) is 20.6 Å². The highest BCUT2D eigenvalue weighted by Crippen LogP contribution is 2.26. The second-order valence-corrected chi connectivity index (χ2v) is 5.78. The van der Waals surface area contributed by atoms with Crippen LogP contribution in [0.3, 0.4) is 0 Å². The van der Waals surface area contributed by atoms with Crippen molar-refractivity contribution >= 4 is 17.5 Å². The summed E-state index contributed by atoms with van der Waals surface area (Å²) in [5.74, 6) is -0.908. The predicted molar refractivity (Wildman–Crippen MR) is 84.6 cm³/mol. The quantitative estimate of drug-likeness (QED) is 0.829. The molecular weight excluding hydrogens is 313 g/mol. The van der Waals surface area contributed by atoms with E-state index in [1.165, 1.54) is 26.7 Å². The van der Waals surface area contributed by atoms with Crippen LogP contribution in [0.4, 0.5) is 10.1 Å². The maximum Gasteiger partial charge on any atom is 0.249 e. The molecule has 0 radical (unpaired) electrons. The molecule has 0 saturated carbocycles. The number of benzene rings is 1. The van der Waals surface area contributed by atoms with Crippen LogP contribution >= 0.6 is 0 Å². The van der Waals surface area contributed by atoms with Gasteiger partial charge in [0.1, 0.15) is 11.9 Å². The van der Waals surface area contributed by atoms with Crippen molar-refractivity contribution in [3.8, 4) is 0 Å². The van der Waals surface area contributed by atoms with Gasteiger partial charge in [-0.25, -0.2) is 4.39 Å². The molecule has 3 rings (SSSR count). The first-order valence-electron chi connectivity index (χ1n) is 7.64. The Bertz CT molecular complexity index is 775. The summed E-state index contributed by atoms with van der Waals surface area (Å²) in [5, 5.41) is 7.52. The zero-order valence-corrected chi connectivity index (χ0v) is 13.5. The van der Waals surface area contributed by atoms with E-state index in [0.29, 0.717) is 18.7 Å². The molecule has 1 aromatic heterocycles. The third-order valence-electron chi connectivity index (χ3n) is 4.32. The second kappa shape index (κ2) is 6.38. The molecule has 7 nitrogen and oxygen atoms in total. The van der Waals surface area contributed by atoms with Gasteiger partial charge in [-0.05, 0) is 18.6 Å². The van der Waals surface area contributed by atoms with E-state index in [1.807, 2.05) is 0 Å². The Labute approximate surface area is 138 Å². The topological polar surface area (TPSA) is 71.3 Å². The lowest BCUT2D eigenvalue weighted by Gasteiger charge is -2.24. The van der Waals surface area contributed by atoms with E-state index in [1.54, 1.807) is 32.3 Å². The zero-order valence-electron chi connectivity index (χ0n) is 13.5. The van der Waals surface area contributed by atoms with Crippen molar-refractivity contribution in [2.24, 2.45) is 7.05 Å². The highest BCUT2D eigenvalue weighted by atomic mass is 19.1. The minimum Gasteiger partial charge on any atom is -0.333 e. The van der Waals surface area contributed by atoms with Gasteiger partial charge in [-0.1, -0.05) is 17.3 Å². The summed E-state index contributed by atoms with van der Waals surface area (Å²) in [6.45, 7) is 0.384. The van der Waals surface area contributed by atoms with E-state index in [-0.39, 0.29) is 23.9 Å². The Kier molecular flexibility index (Phi) is 4.28. The fraction of sp³-hybridized carbons (Fsp3) is 0.375. The van der Waals surface area contributed by atoms with Crippen molar-refractivity contribution in [3.63, 3.8) is 0 Å². The number of anilines is 1. The number of aromatic nitrogens is 3. The van der Waals surface area contributed by atoms with Crippen molar-refractivity contribution in [2.75, 3.05) is 18.5 Å². The number of hydrogen-bond donors (Lipinski definition) is 0. The van der Waals surface area contributed by atoms with E-state index in [2.05, 4.69) is 10.3 Å². The van der Waals surface area contributed by atoms with Crippen molar-refractivity contribution in [2.45, 2.75) is 18.9 Å². The maximum absolute atomic E-state index is 13.9. The molecule has 1 fully saturated rings. The third-order valence-corrected chi connectivity index (χ3v) is 4.32. The number of rotatable bonds is 4. The number of halogens is 1. The number of likely N-dealkylation sites (N-methyl/N-ethyl adjacent to an activating group) is 1. The van der Waals surface area contributed by atoms with Gasteiger partial charge in [0.15, 0.2) is 0 Å². The first kappa shape index (κ1) is 16.1. The zero-order chi connectivity index (χ0) is 17.3. The summed E-state index contributed by atoms with van der Waals surface area (Å²) in [4.78, 5) is 27.9. The van der Waals surface area contributed by atoms with Gasteiger partial charge in [-0.3, -0.25) is 14.3 Å². The van der Waals surface area contributed by atoms with Crippen LogP contribution in [0.2, 0.25) is 0 Å². The average molecular weight is 331 g/mol. The highest BCUT2D eigenvalue weighted by molar-refractivity contribution is 6.01. The second-order valence-electron chi connectivity index (χ2n) is 5.78. The maximum atomic E-state index is 13.9. The Morgan fingerprint density at radius 2 is 2.17 bits per heavy atom. The molecule has 1 unspecified atom stereocenters. The molecule has 2 heterocycles. The molecule has 1 aromatic carbocycles. The summed E-state index contributed by atoms with van der Waals surface area (Å²) in [6.07, 6.45) is 2.11. The minimum absolute atomic E-state index is 0.115. The van der Waals surface area contributed by atoms with Gasteiger partial charge in [0.2, 0.25) is 11.8 Å². The lowest BCUT2D eigenvalue weighted by atomic mass is 10.2. The van der Waals surface area contributed by atoms with Crippen LogP contribution in [0.25, 0.3) is 0 Å². The van der Waals surface area contributed by atoms with Crippen molar-refractivity contribution in [1.29, 1.82) is 0 Å². The lowest BCUT2D eigenvalue weighted by Crippen LogP contribution is -2.43. The van der Waals surface area contributed by atoms with Gasteiger partial charge in [-0.15, -0.1) is 5.10 Å².